The van der Waals surface area contributed by atoms with Crippen molar-refractivity contribution in [1.29, 1.82) is 0 Å². The van der Waals surface area contributed by atoms with Crippen LogP contribution in [0.2, 0.25) is 5.02 Å². The number of hydrogen-bond donors (Lipinski definition) is 1. The summed E-state index contributed by atoms with van der Waals surface area (Å²) in [5.41, 5.74) is 7.37. The van der Waals surface area contributed by atoms with Crippen molar-refractivity contribution in [1.82, 2.24) is 9.78 Å². The lowest BCUT2D eigenvalue weighted by Gasteiger charge is -2.13. The Morgan fingerprint density at radius 2 is 2.23 bits per heavy atom. The van der Waals surface area contributed by atoms with Crippen molar-refractivity contribution < 1.29 is 19.2 Å². The molecule has 0 bridgehead atoms. The van der Waals surface area contributed by atoms with E-state index in [1.807, 2.05) is 0 Å². The van der Waals surface area contributed by atoms with E-state index in [4.69, 9.17) is 26.8 Å². The van der Waals surface area contributed by atoms with Crippen LogP contribution < -0.4 is 10.5 Å². The number of esters is 1. The number of nitrogens with two attached hydrogens (primary N) is 1. The van der Waals surface area contributed by atoms with Gasteiger partial charge in [-0.05, 0) is 29.9 Å². The Kier molecular flexibility index (Phi) is 6.53. The van der Waals surface area contributed by atoms with Crippen molar-refractivity contribution in [2.45, 2.75) is 25.9 Å². The fraction of sp³-hybridized carbons (Fsp3) is 0.375. The first-order chi connectivity index (χ1) is 12.3. The van der Waals surface area contributed by atoms with Gasteiger partial charge in [0.1, 0.15) is 11.8 Å². The summed E-state index contributed by atoms with van der Waals surface area (Å²) in [6.07, 6.45) is 1.66. The van der Waals surface area contributed by atoms with Crippen LogP contribution >= 0.6 is 11.6 Å². The maximum atomic E-state index is 11.7. The van der Waals surface area contributed by atoms with Gasteiger partial charge in [0.05, 0.1) is 31.6 Å². The van der Waals surface area contributed by atoms with E-state index in [0.717, 1.165) is 11.1 Å². The largest absolute Gasteiger partial charge is 0.496 e. The van der Waals surface area contributed by atoms with Crippen LogP contribution in [0.25, 0.3) is 0 Å². The molecule has 0 spiro atoms. The minimum Gasteiger partial charge on any atom is -0.496 e. The summed E-state index contributed by atoms with van der Waals surface area (Å²) in [7, 11) is 1.52. The molecule has 0 saturated carbocycles. The quantitative estimate of drug-likeness (QED) is 0.420. The first-order valence-electron chi connectivity index (χ1n) is 7.81. The maximum absolute atomic E-state index is 11.7. The molecule has 2 aromatic rings. The highest BCUT2D eigenvalue weighted by molar-refractivity contribution is 6.32. The molecule has 2 rings (SSSR count). The average molecular weight is 383 g/mol. The number of nitrogens with zero attached hydrogens (tertiary/aromatic N) is 3. The van der Waals surface area contributed by atoms with Gasteiger partial charge in [0.25, 0.3) is 0 Å². The summed E-state index contributed by atoms with van der Waals surface area (Å²) in [4.78, 5) is 21.9. The van der Waals surface area contributed by atoms with Crippen LogP contribution in [0.1, 0.15) is 18.1 Å². The number of halogens is 1. The van der Waals surface area contributed by atoms with Crippen LogP contribution in [0, 0.1) is 10.1 Å². The van der Waals surface area contributed by atoms with Crippen molar-refractivity contribution >= 4 is 23.4 Å². The van der Waals surface area contributed by atoms with Crippen molar-refractivity contribution in [2.24, 2.45) is 5.73 Å². The lowest BCUT2D eigenvalue weighted by molar-refractivity contribution is -0.389. The molecular weight excluding hydrogens is 364 g/mol. The van der Waals surface area contributed by atoms with Gasteiger partial charge in [-0.2, -0.15) is 4.68 Å². The molecule has 2 N–H and O–H groups in total. The molecule has 9 nitrogen and oxygen atoms in total. The van der Waals surface area contributed by atoms with E-state index in [2.05, 4.69) is 5.10 Å². The highest BCUT2D eigenvalue weighted by atomic mass is 35.5. The van der Waals surface area contributed by atoms with Crippen LogP contribution in [-0.2, 0) is 22.5 Å². The minimum absolute atomic E-state index is 0.0468. The number of nitro groups is 1. The van der Waals surface area contributed by atoms with Gasteiger partial charge >= 0.3 is 11.8 Å². The van der Waals surface area contributed by atoms with Crippen molar-refractivity contribution in [3.8, 4) is 5.75 Å². The lowest BCUT2D eigenvalue weighted by Crippen LogP contribution is -2.34. The SMILES string of the molecule is CCOC(=O)C(N)Cc1ccc(OC)c(Cn2cc(Cl)c([N+](=O)[O-])n2)c1. The number of carbonyl (C=O) groups excluding carboxylic acids is 1. The average Bonchev–Trinajstić information content (AvgIpc) is 2.96. The van der Waals surface area contributed by atoms with E-state index in [1.165, 1.54) is 18.0 Å². The standard InChI is InChI=1S/C16H19ClN4O5/c1-3-26-16(22)13(18)7-10-4-5-14(25-2)11(6-10)8-20-9-12(17)15(19-20)21(23)24/h4-6,9,13H,3,7-8,18H2,1-2H3. The molecule has 0 aliphatic carbocycles. The summed E-state index contributed by atoms with van der Waals surface area (Å²) >= 11 is 5.82. The van der Waals surface area contributed by atoms with E-state index < -0.39 is 22.8 Å². The topological polar surface area (TPSA) is 123 Å². The Bertz CT molecular complexity index is 808. The Hall–Kier alpha value is -2.65. The van der Waals surface area contributed by atoms with E-state index in [-0.39, 0.29) is 24.6 Å². The third-order valence-electron chi connectivity index (χ3n) is 3.59. The van der Waals surface area contributed by atoms with Gasteiger partial charge in [0.2, 0.25) is 0 Å². The molecule has 1 aromatic carbocycles. The van der Waals surface area contributed by atoms with Crippen LogP contribution in [0.5, 0.6) is 5.75 Å². The predicted octanol–water partition coefficient (Wildman–Crippen LogP) is 1.93. The van der Waals surface area contributed by atoms with Gasteiger partial charge in [-0.3, -0.25) is 4.79 Å². The number of methoxy groups -OCH3 is 1. The summed E-state index contributed by atoms with van der Waals surface area (Å²) < 4.78 is 11.6. The molecule has 0 aliphatic heterocycles. The highest BCUT2D eigenvalue weighted by Crippen LogP contribution is 2.25. The molecule has 0 amide bonds. The highest BCUT2D eigenvalue weighted by Gasteiger charge is 2.20. The molecule has 0 fully saturated rings. The maximum Gasteiger partial charge on any atom is 0.408 e. The number of carbonyl (C=O) groups is 1. The molecule has 1 atom stereocenters. The fourth-order valence-corrected chi connectivity index (χ4v) is 2.65. The molecule has 1 heterocycles. The predicted molar refractivity (Wildman–Crippen MR) is 94.3 cm³/mol. The number of benzene rings is 1. The first-order valence-corrected chi connectivity index (χ1v) is 8.18. The zero-order valence-corrected chi connectivity index (χ0v) is 15.1. The van der Waals surface area contributed by atoms with Crippen LogP contribution in [0.3, 0.4) is 0 Å². The van der Waals surface area contributed by atoms with E-state index >= 15 is 0 Å². The molecule has 1 unspecified atom stereocenters. The fourth-order valence-electron chi connectivity index (χ4n) is 2.44. The number of aromatic nitrogens is 2. The number of hydrogen-bond acceptors (Lipinski definition) is 7. The van der Waals surface area contributed by atoms with Gasteiger partial charge in [0.15, 0.2) is 5.02 Å². The van der Waals surface area contributed by atoms with Crippen molar-refractivity contribution in [3.05, 3.63) is 50.7 Å². The summed E-state index contributed by atoms with van der Waals surface area (Å²) in [5.74, 6) is -0.307. The second-order valence-corrected chi connectivity index (χ2v) is 5.87. The molecule has 1 aromatic heterocycles. The zero-order chi connectivity index (χ0) is 19.3. The minimum atomic E-state index is -0.781. The zero-order valence-electron chi connectivity index (χ0n) is 14.3. The van der Waals surface area contributed by atoms with Crippen LogP contribution in [0.15, 0.2) is 24.4 Å². The Morgan fingerprint density at radius 3 is 2.81 bits per heavy atom. The summed E-state index contributed by atoms with van der Waals surface area (Å²) in [5, 5.41) is 14.7. The van der Waals surface area contributed by atoms with Crippen molar-refractivity contribution in [2.75, 3.05) is 13.7 Å². The second-order valence-electron chi connectivity index (χ2n) is 5.46. The van der Waals surface area contributed by atoms with E-state index in [0.29, 0.717) is 5.75 Å². The van der Waals surface area contributed by atoms with Gasteiger partial charge in [-0.25, -0.2) is 0 Å². The van der Waals surface area contributed by atoms with Crippen LogP contribution in [0.4, 0.5) is 5.82 Å². The Morgan fingerprint density at radius 1 is 1.50 bits per heavy atom. The molecule has 0 aliphatic rings. The second kappa shape index (κ2) is 8.63. The van der Waals surface area contributed by atoms with Gasteiger partial charge in [0, 0.05) is 5.56 Å². The Labute approximate surface area is 154 Å². The summed E-state index contributed by atoms with van der Waals surface area (Å²) in [6, 6.07) is 4.55. The molecule has 26 heavy (non-hydrogen) atoms. The smallest absolute Gasteiger partial charge is 0.408 e. The summed E-state index contributed by atoms with van der Waals surface area (Å²) in [6.45, 7) is 2.18. The molecule has 0 saturated heterocycles. The van der Waals surface area contributed by atoms with Gasteiger partial charge < -0.3 is 25.3 Å². The number of rotatable bonds is 8. The first kappa shape index (κ1) is 19.7. The molecule has 10 heteroatoms. The van der Waals surface area contributed by atoms with E-state index in [9.17, 15) is 14.9 Å². The monoisotopic (exact) mass is 382 g/mol. The molecule has 140 valence electrons. The van der Waals surface area contributed by atoms with Crippen molar-refractivity contribution in [3.63, 3.8) is 0 Å². The number of ether oxygens (including phenoxy) is 2. The van der Waals surface area contributed by atoms with Crippen LogP contribution in [-0.4, -0.2) is 40.4 Å². The molecule has 0 radical (unpaired) electrons. The normalized spacial score (nSPS) is 11.8. The third-order valence-corrected chi connectivity index (χ3v) is 3.86. The molecular formula is C16H19ClN4O5. The van der Waals surface area contributed by atoms with Gasteiger partial charge in [-0.15, -0.1) is 0 Å². The van der Waals surface area contributed by atoms with E-state index in [1.54, 1.807) is 25.1 Å². The van der Waals surface area contributed by atoms with Gasteiger partial charge in [-0.1, -0.05) is 23.7 Å². The third kappa shape index (κ3) is 4.70. The lowest BCUT2D eigenvalue weighted by atomic mass is 10.0. The Balaban J connectivity index is 2.23.